The van der Waals surface area contributed by atoms with Gasteiger partial charge in [-0.05, 0) is 49.9 Å². The molecule has 2 rings (SSSR count). The lowest BCUT2D eigenvalue weighted by molar-refractivity contribution is 0.495. The Balaban J connectivity index is 2.32. The molecule has 1 aromatic carbocycles. The molecule has 0 fully saturated rings. The molecule has 1 heterocycles. The number of hydrogen-bond donors (Lipinski definition) is 1. The Bertz CT molecular complexity index is 568. The van der Waals surface area contributed by atoms with Crippen LogP contribution in [0.4, 0.5) is 0 Å². The summed E-state index contributed by atoms with van der Waals surface area (Å²) in [7, 11) is 0. The van der Waals surface area contributed by atoms with Crippen molar-refractivity contribution in [1.29, 1.82) is 0 Å². The summed E-state index contributed by atoms with van der Waals surface area (Å²) in [5.41, 5.74) is 3.95. The maximum atomic E-state index is 5.70. The summed E-state index contributed by atoms with van der Waals surface area (Å²) in [6.45, 7) is 11.6. The predicted octanol–water partition coefficient (Wildman–Crippen LogP) is 5.11. The van der Waals surface area contributed by atoms with Crippen molar-refractivity contribution >= 4 is 0 Å². The minimum absolute atomic E-state index is 0.207. The highest BCUT2D eigenvalue weighted by atomic mass is 16.3. The minimum atomic E-state index is 0.207. The summed E-state index contributed by atoms with van der Waals surface area (Å²) in [4.78, 5) is 0. The Morgan fingerprint density at radius 2 is 1.67 bits per heavy atom. The molecule has 21 heavy (non-hydrogen) atoms. The Morgan fingerprint density at radius 1 is 1.05 bits per heavy atom. The quantitative estimate of drug-likeness (QED) is 0.798. The summed E-state index contributed by atoms with van der Waals surface area (Å²) < 4.78 is 5.70. The first-order valence-electron chi connectivity index (χ1n) is 7.97. The van der Waals surface area contributed by atoms with Crippen LogP contribution in [0.15, 0.2) is 34.7 Å². The Kier molecular flexibility index (Phi) is 5.24. The number of hydrogen-bond acceptors (Lipinski definition) is 2. The molecule has 2 unspecified atom stereocenters. The van der Waals surface area contributed by atoms with Gasteiger partial charge < -0.3 is 9.73 Å². The fraction of sp³-hybridized carbons (Fsp3) is 0.474. The lowest BCUT2D eigenvalue weighted by Crippen LogP contribution is -2.22. The lowest BCUT2D eigenvalue weighted by Gasteiger charge is -2.19. The molecule has 114 valence electrons. The van der Waals surface area contributed by atoms with Gasteiger partial charge in [0.1, 0.15) is 11.5 Å². The van der Waals surface area contributed by atoms with Crippen LogP contribution < -0.4 is 5.32 Å². The van der Waals surface area contributed by atoms with Crippen LogP contribution in [-0.2, 0) is 0 Å². The zero-order valence-electron chi connectivity index (χ0n) is 13.9. The molecule has 0 aliphatic rings. The van der Waals surface area contributed by atoms with E-state index in [9.17, 15) is 0 Å². The molecule has 0 amide bonds. The van der Waals surface area contributed by atoms with Gasteiger partial charge in [-0.15, -0.1) is 0 Å². The van der Waals surface area contributed by atoms with Crippen LogP contribution in [-0.4, -0.2) is 6.54 Å². The maximum Gasteiger partial charge on any atom is 0.106 e. The second-order valence-electron chi connectivity index (χ2n) is 5.84. The van der Waals surface area contributed by atoms with Gasteiger partial charge in [0.2, 0.25) is 0 Å². The molecule has 0 radical (unpaired) electrons. The summed E-state index contributed by atoms with van der Waals surface area (Å²) >= 11 is 0. The summed E-state index contributed by atoms with van der Waals surface area (Å²) in [6, 6.07) is 11.4. The van der Waals surface area contributed by atoms with Crippen LogP contribution in [0.3, 0.4) is 0 Å². The topological polar surface area (TPSA) is 25.2 Å². The molecule has 0 saturated heterocycles. The van der Waals surface area contributed by atoms with Crippen LogP contribution in [0.5, 0.6) is 0 Å². The van der Waals surface area contributed by atoms with Crippen LogP contribution in [0.2, 0.25) is 0 Å². The molecule has 2 nitrogen and oxygen atoms in total. The molecular formula is C19H27NO. The molecule has 0 saturated carbocycles. The van der Waals surface area contributed by atoms with E-state index < -0.39 is 0 Å². The zero-order chi connectivity index (χ0) is 15.4. The van der Waals surface area contributed by atoms with Crippen LogP contribution in [0, 0.1) is 13.8 Å². The van der Waals surface area contributed by atoms with Crippen molar-refractivity contribution in [2.45, 2.75) is 53.0 Å². The number of nitrogens with one attached hydrogen (secondary N) is 1. The average molecular weight is 285 g/mol. The van der Waals surface area contributed by atoms with Crippen LogP contribution >= 0.6 is 0 Å². The van der Waals surface area contributed by atoms with Crippen molar-refractivity contribution in [2.24, 2.45) is 0 Å². The van der Waals surface area contributed by atoms with Gasteiger partial charge in [0, 0.05) is 5.56 Å². The van der Waals surface area contributed by atoms with Gasteiger partial charge in [-0.1, -0.05) is 45.0 Å². The molecule has 2 aromatic rings. The second kappa shape index (κ2) is 6.95. The molecule has 1 N–H and O–H groups in total. The van der Waals surface area contributed by atoms with Gasteiger partial charge >= 0.3 is 0 Å². The van der Waals surface area contributed by atoms with E-state index in [1.54, 1.807) is 0 Å². The van der Waals surface area contributed by atoms with E-state index in [1.165, 1.54) is 23.1 Å². The van der Waals surface area contributed by atoms with Gasteiger partial charge in [-0.2, -0.15) is 0 Å². The van der Waals surface area contributed by atoms with E-state index >= 15 is 0 Å². The van der Waals surface area contributed by atoms with Crippen molar-refractivity contribution in [3.63, 3.8) is 0 Å². The van der Waals surface area contributed by atoms with Crippen LogP contribution in [0.1, 0.15) is 67.4 Å². The molecule has 2 heteroatoms. The van der Waals surface area contributed by atoms with Crippen molar-refractivity contribution < 1.29 is 4.42 Å². The monoisotopic (exact) mass is 285 g/mol. The first-order valence-corrected chi connectivity index (χ1v) is 7.97. The van der Waals surface area contributed by atoms with Gasteiger partial charge in [-0.3, -0.25) is 0 Å². The molecule has 0 aliphatic carbocycles. The van der Waals surface area contributed by atoms with E-state index in [4.69, 9.17) is 4.42 Å². The smallest absolute Gasteiger partial charge is 0.106 e. The highest BCUT2D eigenvalue weighted by Gasteiger charge is 2.18. The standard InChI is InChI=1S/C19H27NO/c1-6-13(3)16-8-10-17(11-9-16)19(20-7-2)18-12-14(4)21-15(18)5/h8-13,19-20H,6-7H2,1-5H3. The third kappa shape index (κ3) is 3.56. The molecule has 1 aromatic heterocycles. The fourth-order valence-electron chi connectivity index (χ4n) is 2.80. The zero-order valence-corrected chi connectivity index (χ0v) is 13.9. The number of aryl methyl sites for hydroxylation is 2. The highest BCUT2D eigenvalue weighted by molar-refractivity contribution is 5.36. The van der Waals surface area contributed by atoms with Gasteiger partial charge in [0.05, 0.1) is 6.04 Å². The third-order valence-corrected chi connectivity index (χ3v) is 4.25. The summed E-state index contributed by atoms with van der Waals surface area (Å²) in [5, 5.41) is 3.57. The third-order valence-electron chi connectivity index (χ3n) is 4.25. The van der Waals surface area contributed by atoms with Crippen molar-refractivity contribution in [3.05, 3.63) is 58.5 Å². The summed E-state index contributed by atoms with van der Waals surface area (Å²) in [5.74, 6) is 2.60. The Labute approximate surface area is 128 Å². The first-order chi connectivity index (χ1) is 10.1. The van der Waals surface area contributed by atoms with E-state index in [1.807, 2.05) is 13.8 Å². The molecule has 2 atom stereocenters. The molecule has 0 bridgehead atoms. The lowest BCUT2D eigenvalue weighted by atomic mass is 9.93. The van der Waals surface area contributed by atoms with Gasteiger partial charge in [0.25, 0.3) is 0 Å². The SMILES string of the molecule is CCNC(c1ccc(C(C)CC)cc1)c1cc(C)oc1C. The minimum Gasteiger partial charge on any atom is -0.466 e. The Morgan fingerprint density at radius 3 is 2.14 bits per heavy atom. The largest absolute Gasteiger partial charge is 0.466 e. The maximum absolute atomic E-state index is 5.70. The predicted molar refractivity (Wildman–Crippen MR) is 88.8 cm³/mol. The number of rotatable bonds is 6. The van der Waals surface area contributed by atoms with E-state index in [-0.39, 0.29) is 6.04 Å². The van der Waals surface area contributed by atoms with Crippen molar-refractivity contribution in [1.82, 2.24) is 5.32 Å². The van der Waals surface area contributed by atoms with Crippen LogP contribution in [0.25, 0.3) is 0 Å². The van der Waals surface area contributed by atoms with E-state index in [0.29, 0.717) is 5.92 Å². The average Bonchev–Trinajstić information content (AvgIpc) is 2.82. The number of furan rings is 1. The molecule has 0 spiro atoms. The van der Waals surface area contributed by atoms with Gasteiger partial charge in [0.15, 0.2) is 0 Å². The van der Waals surface area contributed by atoms with Gasteiger partial charge in [-0.25, -0.2) is 0 Å². The van der Waals surface area contributed by atoms with Crippen molar-refractivity contribution in [3.8, 4) is 0 Å². The molecule has 0 aliphatic heterocycles. The highest BCUT2D eigenvalue weighted by Crippen LogP contribution is 2.29. The Hall–Kier alpha value is -1.54. The second-order valence-corrected chi connectivity index (χ2v) is 5.84. The summed E-state index contributed by atoms with van der Waals surface area (Å²) in [6.07, 6.45) is 1.18. The normalized spacial score (nSPS) is 14.1. The van der Waals surface area contributed by atoms with E-state index in [0.717, 1.165) is 18.1 Å². The fourth-order valence-corrected chi connectivity index (χ4v) is 2.80. The first kappa shape index (κ1) is 15.8. The molecular weight excluding hydrogens is 258 g/mol. The number of benzene rings is 1. The van der Waals surface area contributed by atoms with Crippen molar-refractivity contribution in [2.75, 3.05) is 6.54 Å². The van der Waals surface area contributed by atoms with E-state index in [2.05, 4.69) is 56.4 Å².